The Balaban J connectivity index is 0.00000147. The fourth-order valence-electron chi connectivity index (χ4n) is 2.48. The second kappa shape index (κ2) is 7.95. The summed E-state index contributed by atoms with van der Waals surface area (Å²) >= 11 is 2.11. The summed E-state index contributed by atoms with van der Waals surface area (Å²) in [4.78, 5) is 0. The molecule has 6 heteroatoms. The summed E-state index contributed by atoms with van der Waals surface area (Å²) in [5.74, 6) is 0. The molecule has 2 aliphatic rings. The molecule has 0 bridgehead atoms. The first kappa shape index (κ1) is 16.5. The van der Waals surface area contributed by atoms with Crippen molar-refractivity contribution in [1.29, 1.82) is 0 Å². The number of halogens is 1. The van der Waals surface area contributed by atoms with E-state index in [0.717, 1.165) is 0 Å². The highest BCUT2D eigenvalue weighted by Crippen LogP contribution is 2.33. The van der Waals surface area contributed by atoms with Gasteiger partial charge in [-0.15, -0.1) is 0 Å². The summed E-state index contributed by atoms with van der Waals surface area (Å²) < 4.78 is 22.9. The quantitative estimate of drug-likeness (QED) is 0.550. The van der Waals surface area contributed by atoms with Gasteiger partial charge >= 0.3 is 0 Å². The van der Waals surface area contributed by atoms with Crippen LogP contribution in [0.4, 0.5) is 0 Å². The van der Waals surface area contributed by atoms with E-state index in [1.165, 1.54) is 14.8 Å². The molecule has 2 saturated heterocycles. The van der Waals surface area contributed by atoms with Crippen LogP contribution in [-0.4, -0.2) is 37.6 Å². The highest BCUT2D eigenvalue weighted by Gasteiger charge is 2.49. The van der Waals surface area contributed by atoms with E-state index in [1.54, 1.807) is 0 Å². The molecule has 0 N–H and O–H groups in total. The Morgan fingerprint density at radius 2 is 1.75 bits per heavy atom. The lowest BCUT2D eigenvalue weighted by Gasteiger charge is -2.16. The monoisotopic (exact) mass is 410 g/mol. The van der Waals surface area contributed by atoms with Crippen LogP contribution in [0.15, 0.2) is 30.3 Å². The van der Waals surface area contributed by atoms with Crippen molar-refractivity contribution in [2.45, 2.75) is 38.4 Å². The lowest BCUT2D eigenvalue weighted by Crippen LogP contribution is -2.33. The third kappa shape index (κ3) is 3.66. The second-order valence-corrected chi connectivity index (χ2v) is 6.03. The normalized spacial score (nSPS) is 31.9. The molecule has 20 heavy (non-hydrogen) atoms. The van der Waals surface area contributed by atoms with Crippen LogP contribution in [-0.2, 0) is 25.0 Å². The Kier molecular flexibility index (Phi) is 6.57. The van der Waals surface area contributed by atoms with Gasteiger partial charge in [0.1, 0.15) is 24.4 Å². The molecule has 112 valence electrons. The molecule has 0 radical (unpaired) electrons. The predicted molar refractivity (Wildman–Crippen MR) is 87.7 cm³/mol. The molecule has 0 aromatic heterocycles. The second-order valence-electron chi connectivity index (χ2n) is 4.63. The Bertz CT molecular complexity index is 405. The standard InChI is InChI=1S/C13H15IO4S.CH4/c14-19-18-11-8-17-12-10(7-16-13(11)12)15-6-9-4-2-1-3-5-9;/h1-5,10-13H,6-8H2;1H4/t10-,11+,12?,13?;/m0./s1. The molecule has 0 amide bonds. The summed E-state index contributed by atoms with van der Waals surface area (Å²) in [7, 11) is 1.33. The first-order valence-corrected chi connectivity index (χ1v) is 9.49. The molecule has 1 aromatic rings. The van der Waals surface area contributed by atoms with Crippen LogP contribution in [0, 0.1) is 0 Å². The number of rotatable bonds is 5. The van der Waals surface area contributed by atoms with Gasteiger partial charge in [-0.25, -0.2) is 0 Å². The van der Waals surface area contributed by atoms with Crippen molar-refractivity contribution in [3.05, 3.63) is 35.9 Å². The number of fused-ring (bicyclic) bond motifs is 1. The minimum Gasteiger partial charge on any atom is -0.370 e. The molecule has 3 rings (SSSR count). The van der Waals surface area contributed by atoms with Gasteiger partial charge in [-0.05, 0) is 5.56 Å². The molecular formula is C14H19IO4S. The van der Waals surface area contributed by atoms with E-state index < -0.39 is 0 Å². The molecule has 2 aliphatic heterocycles. The van der Waals surface area contributed by atoms with Crippen molar-refractivity contribution >= 4 is 30.4 Å². The van der Waals surface area contributed by atoms with Gasteiger partial charge in [-0.2, -0.15) is 0 Å². The Morgan fingerprint density at radius 3 is 2.45 bits per heavy atom. The van der Waals surface area contributed by atoms with Crippen molar-refractivity contribution in [3.63, 3.8) is 0 Å². The van der Waals surface area contributed by atoms with E-state index >= 15 is 0 Å². The van der Waals surface area contributed by atoms with Crippen LogP contribution >= 0.6 is 30.4 Å². The number of ether oxygens (including phenoxy) is 3. The summed E-state index contributed by atoms with van der Waals surface area (Å²) in [6.45, 7) is 1.75. The van der Waals surface area contributed by atoms with Gasteiger partial charge in [0.05, 0.1) is 29.0 Å². The van der Waals surface area contributed by atoms with Crippen molar-refractivity contribution < 1.29 is 18.4 Å². The van der Waals surface area contributed by atoms with E-state index in [-0.39, 0.29) is 31.8 Å². The molecule has 0 spiro atoms. The number of hydrogen-bond donors (Lipinski definition) is 0. The average molecular weight is 410 g/mol. The molecule has 2 heterocycles. The fraction of sp³-hybridized carbons (Fsp3) is 0.571. The van der Waals surface area contributed by atoms with E-state index in [1.807, 2.05) is 18.2 Å². The molecule has 0 saturated carbocycles. The molecule has 4 nitrogen and oxygen atoms in total. The summed E-state index contributed by atoms with van der Waals surface area (Å²) in [6.07, 6.45) is 0.00976. The van der Waals surface area contributed by atoms with Gasteiger partial charge in [-0.3, -0.25) is 4.18 Å². The lowest BCUT2D eigenvalue weighted by atomic mass is 10.1. The number of benzene rings is 1. The third-order valence-corrected chi connectivity index (χ3v) is 4.37. The first-order chi connectivity index (χ1) is 9.38. The maximum Gasteiger partial charge on any atom is 0.125 e. The van der Waals surface area contributed by atoms with Crippen LogP contribution in [0.25, 0.3) is 0 Å². The Hall–Kier alpha value is 0.140. The third-order valence-electron chi connectivity index (χ3n) is 3.43. The molecule has 1 aromatic carbocycles. The zero-order valence-corrected chi connectivity index (χ0v) is 13.2. The predicted octanol–water partition coefficient (Wildman–Crippen LogP) is 3.39. The lowest BCUT2D eigenvalue weighted by molar-refractivity contribution is -0.0418. The molecular weight excluding hydrogens is 391 g/mol. The highest BCUT2D eigenvalue weighted by molar-refractivity contribution is 14.2. The zero-order chi connectivity index (χ0) is 13.1. The van der Waals surface area contributed by atoms with Crippen molar-refractivity contribution in [1.82, 2.24) is 0 Å². The average Bonchev–Trinajstić information content (AvgIpc) is 3.01. The van der Waals surface area contributed by atoms with Gasteiger partial charge in [0.2, 0.25) is 0 Å². The fourth-order valence-corrected chi connectivity index (χ4v) is 3.54. The molecule has 4 atom stereocenters. The van der Waals surface area contributed by atoms with Gasteiger partial charge < -0.3 is 14.2 Å². The van der Waals surface area contributed by atoms with E-state index in [0.29, 0.717) is 19.8 Å². The van der Waals surface area contributed by atoms with Crippen molar-refractivity contribution in [2.24, 2.45) is 0 Å². The summed E-state index contributed by atoms with van der Waals surface area (Å²) in [5, 5.41) is 0. The SMILES string of the molecule is C.ISO[C@@H]1COC2C1OC[C@@H]2OCc1ccccc1. The van der Waals surface area contributed by atoms with Gasteiger partial charge in [0, 0.05) is 21.2 Å². The van der Waals surface area contributed by atoms with Crippen molar-refractivity contribution in [3.8, 4) is 0 Å². The summed E-state index contributed by atoms with van der Waals surface area (Å²) in [6, 6.07) is 10.1. The minimum absolute atomic E-state index is 0. The van der Waals surface area contributed by atoms with Gasteiger partial charge in [-0.1, -0.05) is 37.8 Å². The van der Waals surface area contributed by atoms with Gasteiger partial charge in [0.15, 0.2) is 0 Å². The van der Waals surface area contributed by atoms with Crippen LogP contribution in [0.2, 0.25) is 0 Å². The summed E-state index contributed by atoms with van der Waals surface area (Å²) in [5.41, 5.74) is 1.17. The topological polar surface area (TPSA) is 36.9 Å². The minimum atomic E-state index is -0.00253. The van der Waals surface area contributed by atoms with Crippen LogP contribution < -0.4 is 0 Å². The van der Waals surface area contributed by atoms with Gasteiger partial charge in [0.25, 0.3) is 0 Å². The largest absolute Gasteiger partial charge is 0.370 e. The smallest absolute Gasteiger partial charge is 0.125 e. The highest BCUT2D eigenvalue weighted by atomic mass is 127. The van der Waals surface area contributed by atoms with Crippen LogP contribution in [0.1, 0.15) is 13.0 Å². The van der Waals surface area contributed by atoms with E-state index in [9.17, 15) is 0 Å². The first-order valence-electron chi connectivity index (χ1n) is 6.21. The molecule has 0 aliphatic carbocycles. The zero-order valence-electron chi connectivity index (χ0n) is 10.2. The maximum atomic E-state index is 5.92. The van der Waals surface area contributed by atoms with Crippen molar-refractivity contribution in [2.75, 3.05) is 13.2 Å². The maximum absolute atomic E-state index is 5.92. The number of hydrogen-bond acceptors (Lipinski definition) is 5. The van der Waals surface area contributed by atoms with E-state index in [2.05, 4.69) is 33.3 Å². The van der Waals surface area contributed by atoms with E-state index in [4.69, 9.17) is 18.4 Å². The Labute approximate surface area is 136 Å². The molecule has 2 unspecified atom stereocenters. The Morgan fingerprint density at radius 1 is 1.10 bits per heavy atom. The van der Waals surface area contributed by atoms with Crippen LogP contribution in [0.3, 0.4) is 0 Å². The molecule has 2 fully saturated rings. The van der Waals surface area contributed by atoms with Crippen LogP contribution in [0.5, 0.6) is 0 Å².